The number of carbonyl (C=O) groups excluding carboxylic acids is 2. The van der Waals surface area contributed by atoms with E-state index in [4.69, 9.17) is 0 Å². The van der Waals surface area contributed by atoms with Gasteiger partial charge in [-0.15, -0.1) is 0 Å². The first-order chi connectivity index (χ1) is 11.8. The van der Waals surface area contributed by atoms with Crippen LogP contribution in [0.1, 0.15) is 18.1 Å². The molecule has 8 heteroatoms. The van der Waals surface area contributed by atoms with E-state index < -0.39 is 23.6 Å². The van der Waals surface area contributed by atoms with E-state index in [1.165, 1.54) is 19.1 Å². The monoisotopic (exact) mass is 351 g/mol. The van der Waals surface area contributed by atoms with Crippen molar-refractivity contribution in [3.8, 4) is 0 Å². The first kappa shape index (κ1) is 18.4. The molecule has 1 aromatic carbocycles. The number of rotatable bonds is 5. The van der Waals surface area contributed by atoms with Gasteiger partial charge < -0.3 is 10.2 Å². The number of nitrogens with one attached hydrogen (secondary N) is 1. The van der Waals surface area contributed by atoms with Gasteiger partial charge >= 0.3 is 6.18 Å². The molecule has 0 spiro atoms. The minimum Gasteiger partial charge on any atom is -0.350 e. The maximum Gasteiger partial charge on any atom is 0.416 e. The fourth-order valence-electron chi connectivity index (χ4n) is 2.12. The van der Waals surface area contributed by atoms with E-state index in [0.29, 0.717) is 0 Å². The molecular weight excluding hydrogens is 335 g/mol. The highest BCUT2D eigenvalue weighted by Crippen LogP contribution is 2.30. The number of anilines is 1. The molecule has 132 valence electrons. The number of carbonyl (C=O) groups is 2. The molecule has 1 aromatic heterocycles. The predicted molar refractivity (Wildman–Crippen MR) is 85.6 cm³/mol. The Bertz CT molecular complexity index is 731. The van der Waals surface area contributed by atoms with E-state index in [2.05, 4.69) is 10.3 Å². The summed E-state index contributed by atoms with van der Waals surface area (Å²) in [7, 11) is 0. The third-order valence-electron chi connectivity index (χ3n) is 3.40. The van der Waals surface area contributed by atoms with E-state index in [9.17, 15) is 22.8 Å². The Morgan fingerprint density at radius 1 is 1.16 bits per heavy atom. The highest BCUT2D eigenvalue weighted by molar-refractivity contribution is 5.97. The normalized spacial score (nSPS) is 11.0. The number of alkyl halides is 3. The second-order valence-corrected chi connectivity index (χ2v) is 5.29. The SMILES string of the molecule is CC(=O)N(CC(=O)NCc1cccnc1)c1ccc(C(F)(F)F)cc1. The lowest BCUT2D eigenvalue weighted by atomic mass is 10.2. The van der Waals surface area contributed by atoms with Gasteiger partial charge in [0, 0.05) is 31.5 Å². The van der Waals surface area contributed by atoms with Crippen LogP contribution >= 0.6 is 0 Å². The summed E-state index contributed by atoms with van der Waals surface area (Å²) in [5, 5.41) is 2.64. The summed E-state index contributed by atoms with van der Waals surface area (Å²) in [5.41, 5.74) is 0.192. The van der Waals surface area contributed by atoms with E-state index in [1.807, 2.05) is 0 Å². The molecule has 0 aliphatic heterocycles. The van der Waals surface area contributed by atoms with Gasteiger partial charge in [-0.25, -0.2) is 0 Å². The van der Waals surface area contributed by atoms with Gasteiger partial charge in [0.15, 0.2) is 0 Å². The quantitative estimate of drug-likeness (QED) is 0.901. The molecule has 2 aromatic rings. The lowest BCUT2D eigenvalue weighted by Crippen LogP contribution is -2.39. The molecule has 2 rings (SSSR count). The van der Waals surface area contributed by atoms with Crippen molar-refractivity contribution in [2.75, 3.05) is 11.4 Å². The van der Waals surface area contributed by atoms with Gasteiger partial charge in [-0.1, -0.05) is 6.07 Å². The van der Waals surface area contributed by atoms with Crippen molar-refractivity contribution in [1.82, 2.24) is 10.3 Å². The Morgan fingerprint density at radius 2 is 1.84 bits per heavy atom. The van der Waals surface area contributed by atoms with Crippen molar-refractivity contribution in [2.24, 2.45) is 0 Å². The van der Waals surface area contributed by atoms with E-state index in [0.717, 1.165) is 22.6 Å². The van der Waals surface area contributed by atoms with E-state index in [1.54, 1.807) is 24.5 Å². The summed E-state index contributed by atoms with van der Waals surface area (Å²) in [4.78, 5) is 28.8. The zero-order chi connectivity index (χ0) is 18.4. The van der Waals surface area contributed by atoms with Gasteiger partial charge in [-0.2, -0.15) is 13.2 Å². The minimum atomic E-state index is -4.46. The molecular formula is C17H16F3N3O2. The summed E-state index contributed by atoms with van der Waals surface area (Å²) in [6.45, 7) is 1.19. The van der Waals surface area contributed by atoms with Crippen molar-refractivity contribution in [3.63, 3.8) is 0 Å². The fraction of sp³-hybridized carbons (Fsp3) is 0.235. The van der Waals surface area contributed by atoms with Gasteiger partial charge in [-0.3, -0.25) is 14.6 Å². The van der Waals surface area contributed by atoms with Crippen molar-refractivity contribution in [1.29, 1.82) is 0 Å². The maximum atomic E-state index is 12.6. The van der Waals surface area contributed by atoms with Crippen molar-refractivity contribution in [2.45, 2.75) is 19.6 Å². The van der Waals surface area contributed by atoms with Crippen LogP contribution in [0.2, 0.25) is 0 Å². The average Bonchev–Trinajstić information content (AvgIpc) is 2.58. The molecule has 0 saturated carbocycles. The van der Waals surface area contributed by atoms with E-state index >= 15 is 0 Å². The number of aromatic nitrogens is 1. The van der Waals surface area contributed by atoms with Crippen LogP contribution in [0.4, 0.5) is 18.9 Å². The lowest BCUT2D eigenvalue weighted by Gasteiger charge is -2.21. The highest BCUT2D eigenvalue weighted by Gasteiger charge is 2.30. The second kappa shape index (κ2) is 7.78. The molecule has 1 heterocycles. The third-order valence-corrected chi connectivity index (χ3v) is 3.40. The molecule has 0 atom stereocenters. The molecule has 0 saturated heterocycles. The maximum absolute atomic E-state index is 12.6. The molecule has 0 fully saturated rings. The zero-order valence-corrected chi connectivity index (χ0v) is 13.4. The summed E-state index contributed by atoms with van der Waals surface area (Å²) >= 11 is 0. The number of amides is 2. The number of pyridine rings is 1. The minimum absolute atomic E-state index is 0.219. The third kappa shape index (κ3) is 5.30. The molecule has 1 N–H and O–H groups in total. The van der Waals surface area contributed by atoms with Crippen LogP contribution in [0.5, 0.6) is 0 Å². The van der Waals surface area contributed by atoms with Gasteiger partial charge in [0.05, 0.1) is 5.56 Å². The van der Waals surface area contributed by atoms with Crippen LogP contribution in [0, 0.1) is 0 Å². The molecule has 2 amide bonds. The van der Waals surface area contributed by atoms with Gasteiger partial charge in [0.25, 0.3) is 0 Å². The van der Waals surface area contributed by atoms with Gasteiger partial charge in [0.1, 0.15) is 6.54 Å². The van der Waals surface area contributed by atoms with E-state index in [-0.39, 0.29) is 18.8 Å². The smallest absolute Gasteiger partial charge is 0.350 e. The van der Waals surface area contributed by atoms with Gasteiger partial charge in [-0.05, 0) is 35.9 Å². The number of nitrogens with zero attached hydrogens (tertiary/aromatic N) is 2. The largest absolute Gasteiger partial charge is 0.416 e. The van der Waals surface area contributed by atoms with Crippen LogP contribution in [0.25, 0.3) is 0 Å². The molecule has 5 nitrogen and oxygen atoms in total. The molecule has 0 unspecified atom stereocenters. The van der Waals surface area contributed by atoms with Crippen molar-refractivity contribution < 1.29 is 22.8 Å². The Hall–Kier alpha value is -2.90. The zero-order valence-electron chi connectivity index (χ0n) is 13.4. The van der Waals surface area contributed by atoms with Gasteiger partial charge in [0.2, 0.25) is 11.8 Å². The van der Waals surface area contributed by atoms with Crippen LogP contribution in [0.15, 0.2) is 48.8 Å². The summed E-state index contributed by atoms with van der Waals surface area (Å²) < 4.78 is 37.8. The Labute approximate surface area is 142 Å². The topological polar surface area (TPSA) is 62.3 Å². The fourth-order valence-corrected chi connectivity index (χ4v) is 2.12. The highest BCUT2D eigenvalue weighted by atomic mass is 19.4. The number of hydrogen-bond acceptors (Lipinski definition) is 3. The first-order valence-corrected chi connectivity index (χ1v) is 7.38. The summed E-state index contributed by atoms with van der Waals surface area (Å²) in [6.07, 6.45) is -1.26. The summed E-state index contributed by atoms with van der Waals surface area (Å²) in [5.74, 6) is -0.879. The first-order valence-electron chi connectivity index (χ1n) is 7.38. The van der Waals surface area contributed by atoms with Crippen molar-refractivity contribution in [3.05, 3.63) is 59.9 Å². The average molecular weight is 351 g/mol. The molecule has 25 heavy (non-hydrogen) atoms. The lowest BCUT2D eigenvalue weighted by molar-refractivity contribution is -0.137. The van der Waals surface area contributed by atoms with Crippen molar-refractivity contribution >= 4 is 17.5 Å². The second-order valence-electron chi connectivity index (χ2n) is 5.29. The van der Waals surface area contributed by atoms with Crippen LogP contribution in [0.3, 0.4) is 0 Å². The summed E-state index contributed by atoms with van der Waals surface area (Å²) in [6, 6.07) is 7.59. The number of hydrogen-bond donors (Lipinski definition) is 1. The standard InChI is InChI=1S/C17H16F3N3O2/c1-12(24)23(15-6-4-14(5-7-15)17(18,19)20)11-16(25)22-10-13-3-2-8-21-9-13/h2-9H,10-11H2,1H3,(H,22,25). The Morgan fingerprint density at radius 3 is 2.36 bits per heavy atom. The predicted octanol–water partition coefficient (Wildman–Crippen LogP) is 2.77. The number of benzene rings is 1. The Kier molecular flexibility index (Phi) is 5.74. The number of halogens is 3. The molecule has 0 radical (unpaired) electrons. The van der Waals surface area contributed by atoms with Crippen LogP contribution in [-0.4, -0.2) is 23.3 Å². The van der Waals surface area contributed by atoms with Crippen LogP contribution in [-0.2, 0) is 22.3 Å². The molecule has 0 aliphatic rings. The molecule has 0 bridgehead atoms. The Balaban J connectivity index is 2.03. The molecule has 0 aliphatic carbocycles. The van der Waals surface area contributed by atoms with Crippen LogP contribution < -0.4 is 10.2 Å².